The highest BCUT2D eigenvalue weighted by Gasteiger charge is 2.72. The minimum atomic E-state index is -0.344. The van der Waals surface area contributed by atoms with Gasteiger partial charge in [0.1, 0.15) is 0 Å². The van der Waals surface area contributed by atoms with E-state index in [0.29, 0.717) is 48.2 Å². The Hall–Kier alpha value is -1.41. The van der Waals surface area contributed by atoms with E-state index in [1.54, 1.807) is 0 Å². The van der Waals surface area contributed by atoms with Gasteiger partial charge in [-0.15, -0.1) is 0 Å². The first-order valence-electron chi connectivity index (χ1n) is 18.8. The van der Waals surface area contributed by atoms with Crippen LogP contribution in [0, 0.1) is 51.2 Å². The van der Waals surface area contributed by atoms with E-state index in [1.807, 2.05) is 24.3 Å². The molecule has 0 saturated heterocycles. The lowest BCUT2D eigenvalue weighted by Gasteiger charge is -2.72. The third-order valence-electron chi connectivity index (χ3n) is 15.2. The molecule has 5 saturated carbocycles. The van der Waals surface area contributed by atoms with Crippen LogP contribution in [0.3, 0.4) is 0 Å². The van der Waals surface area contributed by atoms with Crippen molar-refractivity contribution in [3.8, 4) is 0 Å². The van der Waals surface area contributed by atoms with Crippen molar-refractivity contribution in [3.63, 3.8) is 0 Å². The van der Waals surface area contributed by atoms with Gasteiger partial charge < -0.3 is 15.7 Å². The summed E-state index contributed by atoms with van der Waals surface area (Å²) in [7, 11) is 0. The zero-order valence-corrected chi connectivity index (χ0v) is 32.2. The molecule has 3 N–H and O–H groups in total. The van der Waals surface area contributed by atoms with Crippen LogP contribution in [0.2, 0.25) is 0 Å². The van der Waals surface area contributed by atoms with Crippen molar-refractivity contribution < 1.29 is 14.7 Å². The number of allylic oxidation sites excluding steroid dienone is 1. The van der Waals surface area contributed by atoms with Crippen LogP contribution in [0.25, 0.3) is 0 Å². The largest absolute Gasteiger partial charge is 0.393 e. The summed E-state index contributed by atoms with van der Waals surface area (Å²) < 4.78 is 0.155. The van der Waals surface area contributed by atoms with E-state index in [2.05, 4.69) is 81.3 Å². The molecule has 1 aromatic carbocycles. The Morgan fingerprint density at radius 2 is 1.64 bits per heavy atom. The number of nitrogens with one attached hydrogen (secondary N) is 2. The Labute approximate surface area is 298 Å². The van der Waals surface area contributed by atoms with E-state index in [4.69, 9.17) is 0 Å². The average molecular weight is 757 g/mol. The molecule has 2 amide bonds. The number of fused-ring (bicyclic) bond motifs is 7. The van der Waals surface area contributed by atoms with Crippen molar-refractivity contribution in [1.29, 1.82) is 0 Å². The van der Waals surface area contributed by atoms with Crippen LogP contribution < -0.4 is 10.6 Å². The molecule has 0 heterocycles. The fraction of sp³-hybridized carbons (Fsp3) is 0.756. The molecule has 260 valence electrons. The van der Waals surface area contributed by atoms with Crippen molar-refractivity contribution in [3.05, 3.63) is 47.5 Å². The fourth-order valence-corrected chi connectivity index (χ4v) is 14.3. The maximum atomic E-state index is 14.5. The Balaban J connectivity index is 1.23. The summed E-state index contributed by atoms with van der Waals surface area (Å²) in [4.78, 5) is 27.0. The molecule has 5 fully saturated rings. The fourth-order valence-electron chi connectivity index (χ4n) is 12.7. The quantitative estimate of drug-likeness (QED) is 0.107. The second kappa shape index (κ2) is 12.7. The lowest BCUT2D eigenvalue weighted by atomic mass is 9.36. The normalized spacial score (nSPS) is 41.9. The molecular weight excluding hydrogens is 695 g/mol. The monoisotopic (exact) mass is 756 g/mol. The van der Waals surface area contributed by atoms with Crippen molar-refractivity contribution in [2.24, 2.45) is 51.2 Å². The van der Waals surface area contributed by atoms with Crippen LogP contribution in [0.4, 0.5) is 0 Å². The van der Waals surface area contributed by atoms with Gasteiger partial charge in [0.25, 0.3) is 5.91 Å². The Bertz CT molecular complexity index is 1370. The van der Waals surface area contributed by atoms with Crippen LogP contribution >= 0.6 is 22.6 Å². The molecule has 5 nitrogen and oxygen atoms in total. The number of carbonyl (C=O) groups is 2. The number of unbranched alkanes of at least 4 members (excludes halogenated alkanes) is 1. The number of hydrogen-bond donors (Lipinski definition) is 3. The number of aliphatic hydroxyl groups is 1. The van der Waals surface area contributed by atoms with Gasteiger partial charge in [0.2, 0.25) is 5.91 Å². The predicted molar refractivity (Wildman–Crippen MR) is 199 cm³/mol. The molecule has 10 unspecified atom stereocenters. The van der Waals surface area contributed by atoms with E-state index < -0.39 is 0 Å². The van der Waals surface area contributed by atoms with Gasteiger partial charge in [-0.2, -0.15) is 0 Å². The summed E-state index contributed by atoms with van der Waals surface area (Å²) in [6.07, 6.45) is 12.8. The Kier molecular flexibility index (Phi) is 9.59. The third-order valence-corrected chi connectivity index (χ3v) is 17.8. The maximum Gasteiger partial charge on any atom is 0.251 e. The van der Waals surface area contributed by atoms with Crippen molar-refractivity contribution in [2.75, 3.05) is 6.54 Å². The molecule has 0 aliphatic heterocycles. The number of amides is 2. The van der Waals surface area contributed by atoms with Crippen LogP contribution in [-0.4, -0.2) is 33.0 Å². The zero-order chi connectivity index (χ0) is 34.0. The molecule has 0 spiro atoms. The molecule has 0 radical (unpaired) electrons. The lowest BCUT2D eigenvalue weighted by molar-refractivity contribution is -0.204. The third kappa shape index (κ3) is 5.47. The molecular formula is C41H61IN2O3. The number of benzene rings is 1. The summed E-state index contributed by atoms with van der Waals surface area (Å²) in [6, 6.07) is 7.72. The Morgan fingerprint density at radius 1 is 0.915 bits per heavy atom. The topological polar surface area (TPSA) is 78.4 Å². The average Bonchev–Trinajstić information content (AvgIpc) is 3.44. The molecule has 5 aliphatic rings. The lowest BCUT2D eigenvalue weighted by Crippen LogP contribution is -2.69. The molecule has 1 aromatic rings. The van der Waals surface area contributed by atoms with Crippen molar-refractivity contribution in [2.45, 2.75) is 135 Å². The van der Waals surface area contributed by atoms with Gasteiger partial charge in [-0.05, 0) is 141 Å². The minimum Gasteiger partial charge on any atom is -0.393 e. The first kappa shape index (κ1) is 35.4. The molecule has 0 aromatic heterocycles. The van der Waals surface area contributed by atoms with Crippen molar-refractivity contribution >= 4 is 34.4 Å². The second-order valence-electron chi connectivity index (χ2n) is 17.7. The molecule has 6 heteroatoms. The minimum absolute atomic E-state index is 0.0345. The number of aliphatic hydroxyl groups excluding tert-OH is 1. The van der Waals surface area contributed by atoms with Crippen LogP contribution in [-0.2, 0) is 11.3 Å². The standard InChI is InChI=1S/C41H61IN2O3/c1-8-9-24-43-35(46)28-12-10-27(11-13-28)25-44-36(47)40-21-16-29(26(2)3)34(40)30-14-15-32-38(6)19-18-33(45)37(4,5)31(38)17-20-39(32,7)41(30,42)23-22-40/h10-13,29-34,45H,2,8-9,14-25H2,1,3-7H3,(H,43,46)(H,44,47). The number of hydrogen-bond acceptors (Lipinski definition) is 3. The summed E-state index contributed by atoms with van der Waals surface area (Å²) in [5.74, 6) is 2.62. The summed E-state index contributed by atoms with van der Waals surface area (Å²) in [5.41, 5.74) is 3.04. The number of alkyl halides is 1. The van der Waals surface area contributed by atoms with E-state index in [9.17, 15) is 14.7 Å². The van der Waals surface area contributed by atoms with Gasteiger partial charge in [-0.1, -0.05) is 87.9 Å². The summed E-state index contributed by atoms with van der Waals surface area (Å²) in [5, 5.41) is 17.5. The van der Waals surface area contributed by atoms with Gasteiger partial charge in [0, 0.05) is 22.1 Å². The van der Waals surface area contributed by atoms with E-state index in [-0.39, 0.29) is 43.0 Å². The smallest absolute Gasteiger partial charge is 0.251 e. The van der Waals surface area contributed by atoms with Gasteiger partial charge in [-0.3, -0.25) is 9.59 Å². The SMILES string of the molecule is C=C(C)C1CCC2(C(=O)NCc3ccc(C(=O)NCCCC)cc3)CCC3(I)C(CCC4C5(C)CCC(O)C(C)(C)C5CCC43C)C12. The van der Waals surface area contributed by atoms with Crippen molar-refractivity contribution in [1.82, 2.24) is 10.6 Å². The molecule has 10 atom stereocenters. The predicted octanol–water partition coefficient (Wildman–Crippen LogP) is 9.02. The molecule has 5 aliphatic carbocycles. The van der Waals surface area contributed by atoms with E-state index in [0.717, 1.165) is 56.9 Å². The number of carbonyl (C=O) groups excluding carboxylic acids is 2. The highest BCUT2D eigenvalue weighted by molar-refractivity contribution is 14.1. The number of rotatable bonds is 8. The van der Waals surface area contributed by atoms with Gasteiger partial charge in [-0.25, -0.2) is 0 Å². The second-order valence-corrected chi connectivity index (χ2v) is 19.6. The van der Waals surface area contributed by atoms with E-state index in [1.165, 1.54) is 31.3 Å². The number of halogens is 1. The van der Waals surface area contributed by atoms with Gasteiger partial charge in [0.05, 0.1) is 11.5 Å². The maximum absolute atomic E-state index is 14.5. The van der Waals surface area contributed by atoms with Gasteiger partial charge >= 0.3 is 0 Å². The summed E-state index contributed by atoms with van der Waals surface area (Å²) in [6.45, 7) is 19.9. The zero-order valence-electron chi connectivity index (χ0n) is 30.0. The highest BCUT2D eigenvalue weighted by Crippen LogP contribution is 2.77. The molecule has 0 bridgehead atoms. The van der Waals surface area contributed by atoms with Crippen LogP contribution in [0.15, 0.2) is 36.4 Å². The van der Waals surface area contributed by atoms with Crippen LogP contribution in [0.1, 0.15) is 135 Å². The van der Waals surface area contributed by atoms with E-state index >= 15 is 0 Å². The first-order chi connectivity index (χ1) is 22.2. The Morgan fingerprint density at radius 3 is 2.32 bits per heavy atom. The van der Waals surface area contributed by atoms with Gasteiger partial charge in [0.15, 0.2) is 0 Å². The summed E-state index contributed by atoms with van der Waals surface area (Å²) >= 11 is 2.95. The van der Waals surface area contributed by atoms with Crippen LogP contribution in [0.5, 0.6) is 0 Å². The first-order valence-corrected chi connectivity index (χ1v) is 19.9. The molecule has 47 heavy (non-hydrogen) atoms. The molecule has 6 rings (SSSR count). The highest BCUT2D eigenvalue weighted by atomic mass is 127.